The van der Waals surface area contributed by atoms with Crippen molar-refractivity contribution in [3.63, 3.8) is 0 Å². The van der Waals surface area contributed by atoms with E-state index in [-0.39, 0.29) is 0 Å². The van der Waals surface area contributed by atoms with E-state index in [1.807, 2.05) is 16.7 Å². The Morgan fingerprint density at radius 1 is 0.812 bits per heavy atom. The first-order valence-electron chi connectivity index (χ1n) is 4.87. The Hall–Kier alpha value is -0.800. The molecule has 3 heteroatoms. The molecular weight excluding hydrogens is 330 g/mol. The Morgan fingerprint density at radius 3 is 1.69 bits per heavy atom. The summed E-state index contributed by atoms with van der Waals surface area (Å²) in [6.45, 7) is 0. The van der Waals surface area contributed by atoms with Gasteiger partial charge in [0.15, 0.2) is 0 Å². The molecule has 0 amide bonds. The molecule has 0 saturated carbocycles. The predicted octanol–water partition coefficient (Wildman–Crippen LogP) is 4.96. The summed E-state index contributed by atoms with van der Waals surface area (Å²) < 4.78 is 4.16. The van der Waals surface area contributed by atoms with Crippen molar-refractivity contribution in [2.45, 2.75) is 0 Å². The van der Waals surface area contributed by atoms with E-state index in [1.165, 1.54) is 10.8 Å². The molecule has 1 heterocycles. The second-order valence-corrected chi connectivity index (χ2v) is 5.58. The zero-order valence-electron chi connectivity index (χ0n) is 8.37. The molecule has 2 aromatic carbocycles. The maximum Gasteiger partial charge on any atom is 0.0492 e. The summed E-state index contributed by atoms with van der Waals surface area (Å²) >= 11 is 7.01. The van der Waals surface area contributed by atoms with E-state index in [0.717, 1.165) is 20.0 Å². The van der Waals surface area contributed by atoms with Crippen LogP contribution in [0.3, 0.4) is 0 Å². The number of rotatable bonds is 0. The number of fused-ring (bicyclic) bond motifs is 3. The van der Waals surface area contributed by atoms with Gasteiger partial charge in [0.25, 0.3) is 0 Å². The first kappa shape index (κ1) is 10.4. The van der Waals surface area contributed by atoms with Gasteiger partial charge in [-0.15, -0.1) is 0 Å². The molecule has 1 nitrogen and oxygen atoms in total. The zero-order chi connectivity index (χ0) is 11.3. The van der Waals surface area contributed by atoms with Crippen LogP contribution < -0.4 is 0 Å². The van der Waals surface area contributed by atoms with Crippen molar-refractivity contribution in [2.75, 3.05) is 0 Å². The number of hydrogen-bond acceptors (Lipinski definition) is 0. The van der Waals surface area contributed by atoms with Crippen LogP contribution in [0.15, 0.2) is 45.3 Å². The average Bonchev–Trinajstić information content (AvgIpc) is 2.52. The Kier molecular flexibility index (Phi) is 2.33. The molecule has 79 valence electrons. The lowest BCUT2D eigenvalue weighted by Crippen LogP contribution is -1.82. The fraction of sp³-hybridized carbons (Fsp3) is 0. The molecule has 3 aromatic rings. The molecule has 0 unspecified atom stereocenters. The van der Waals surface area contributed by atoms with Crippen LogP contribution in [-0.2, 0) is 0 Å². The molecule has 0 spiro atoms. The number of nitrogens with zero attached hydrogens (tertiary/aromatic N) is 1. The number of aromatic nitrogens is 1. The van der Waals surface area contributed by atoms with Crippen molar-refractivity contribution in [1.29, 1.82) is 0 Å². The van der Waals surface area contributed by atoms with Crippen LogP contribution in [0.25, 0.3) is 21.8 Å². The molecule has 0 N–H and O–H groups in total. The molecule has 0 saturated heterocycles. The summed E-state index contributed by atoms with van der Waals surface area (Å²) in [6, 6.07) is 12.5. The molecule has 1 aromatic heterocycles. The highest BCUT2D eigenvalue weighted by molar-refractivity contribution is 9.10. The molecular formula is C13H8Br2N. The van der Waals surface area contributed by atoms with Gasteiger partial charge in [0.2, 0.25) is 0 Å². The van der Waals surface area contributed by atoms with Gasteiger partial charge >= 0.3 is 0 Å². The molecule has 0 aliphatic rings. The summed E-state index contributed by atoms with van der Waals surface area (Å²) in [4.78, 5) is 0. The fourth-order valence-electron chi connectivity index (χ4n) is 2.05. The number of halogens is 2. The highest BCUT2D eigenvalue weighted by atomic mass is 79.9. The summed E-state index contributed by atoms with van der Waals surface area (Å²) in [6.07, 6.45) is 0. The Balaban J connectivity index is 2.60. The van der Waals surface area contributed by atoms with Gasteiger partial charge in [0.05, 0.1) is 0 Å². The van der Waals surface area contributed by atoms with E-state index in [2.05, 4.69) is 63.2 Å². The molecule has 0 aliphatic carbocycles. The van der Waals surface area contributed by atoms with Crippen molar-refractivity contribution in [3.8, 4) is 0 Å². The van der Waals surface area contributed by atoms with Crippen LogP contribution in [0.4, 0.5) is 0 Å². The Morgan fingerprint density at radius 2 is 1.25 bits per heavy atom. The summed E-state index contributed by atoms with van der Waals surface area (Å²) in [5.41, 5.74) is 2.30. The summed E-state index contributed by atoms with van der Waals surface area (Å²) in [5.74, 6) is 0. The molecule has 0 atom stereocenters. The lowest BCUT2D eigenvalue weighted by Gasteiger charge is -1.96. The van der Waals surface area contributed by atoms with Crippen LogP contribution in [0.1, 0.15) is 0 Å². The Labute approximate surface area is 110 Å². The highest BCUT2D eigenvalue weighted by Gasteiger charge is 2.08. The first-order chi connectivity index (χ1) is 7.66. The van der Waals surface area contributed by atoms with E-state index in [0.29, 0.717) is 0 Å². The quantitative estimate of drug-likeness (QED) is 0.546. The monoisotopic (exact) mass is 336 g/mol. The maximum atomic E-state index is 4.08. The van der Waals surface area contributed by atoms with E-state index < -0.39 is 0 Å². The number of hydrogen-bond donors (Lipinski definition) is 0. The van der Waals surface area contributed by atoms with Crippen molar-refractivity contribution in [1.82, 2.24) is 4.57 Å². The second kappa shape index (κ2) is 3.60. The lowest BCUT2D eigenvalue weighted by atomic mass is 10.2. The van der Waals surface area contributed by atoms with Crippen LogP contribution in [0.2, 0.25) is 0 Å². The minimum absolute atomic E-state index is 1.09. The van der Waals surface area contributed by atoms with Gasteiger partial charge in [-0.05, 0) is 36.4 Å². The van der Waals surface area contributed by atoms with Gasteiger partial charge in [0, 0.05) is 37.8 Å². The maximum absolute atomic E-state index is 4.08. The third-order valence-corrected chi connectivity index (χ3v) is 3.78. The predicted molar refractivity (Wildman–Crippen MR) is 75.6 cm³/mol. The van der Waals surface area contributed by atoms with Gasteiger partial charge in [-0.2, -0.15) is 0 Å². The van der Waals surface area contributed by atoms with E-state index in [9.17, 15) is 0 Å². The summed E-state index contributed by atoms with van der Waals surface area (Å²) in [7, 11) is 4.08. The van der Waals surface area contributed by atoms with Crippen LogP contribution in [-0.4, -0.2) is 4.57 Å². The molecule has 3 rings (SSSR count). The highest BCUT2D eigenvalue weighted by Crippen LogP contribution is 2.32. The minimum Gasteiger partial charge on any atom is -0.339 e. The molecule has 16 heavy (non-hydrogen) atoms. The van der Waals surface area contributed by atoms with Gasteiger partial charge in [-0.3, -0.25) is 0 Å². The van der Waals surface area contributed by atoms with E-state index in [4.69, 9.17) is 0 Å². The largest absolute Gasteiger partial charge is 0.339 e. The van der Waals surface area contributed by atoms with Gasteiger partial charge in [-0.1, -0.05) is 31.9 Å². The summed E-state index contributed by atoms with van der Waals surface area (Å²) in [5, 5.41) is 2.45. The second-order valence-electron chi connectivity index (χ2n) is 3.75. The Bertz CT molecular complexity index is 639. The van der Waals surface area contributed by atoms with Crippen LogP contribution in [0.5, 0.6) is 0 Å². The first-order valence-corrected chi connectivity index (χ1v) is 6.45. The van der Waals surface area contributed by atoms with Crippen molar-refractivity contribution < 1.29 is 0 Å². The third kappa shape index (κ3) is 1.42. The standard InChI is InChI=1S/C13H8Br2N/c1-16-12-4-2-8(14)6-10(12)11-7-9(15)3-5-13(11)16/h2-7H,1H2. The molecule has 0 aliphatic heterocycles. The average molecular weight is 338 g/mol. The van der Waals surface area contributed by atoms with Gasteiger partial charge in [0.1, 0.15) is 0 Å². The topological polar surface area (TPSA) is 4.93 Å². The van der Waals surface area contributed by atoms with E-state index >= 15 is 0 Å². The number of benzene rings is 2. The van der Waals surface area contributed by atoms with E-state index in [1.54, 1.807) is 0 Å². The van der Waals surface area contributed by atoms with Crippen molar-refractivity contribution in [2.24, 2.45) is 0 Å². The van der Waals surface area contributed by atoms with Crippen molar-refractivity contribution >= 4 is 53.7 Å². The van der Waals surface area contributed by atoms with Crippen LogP contribution in [0, 0.1) is 7.05 Å². The van der Waals surface area contributed by atoms with Gasteiger partial charge in [-0.25, -0.2) is 0 Å². The minimum atomic E-state index is 1.09. The molecule has 0 bridgehead atoms. The lowest BCUT2D eigenvalue weighted by molar-refractivity contribution is 1.20. The third-order valence-electron chi connectivity index (χ3n) is 2.79. The van der Waals surface area contributed by atoms with Crippen molar-refractivity contribution in [3.05, 3.63) is 52.4 Å². The smallest absolute Gasteiger partial charge is 0.0492 e. The van der Waals surface area contributed by atoms with Gasteiger partial charge < -0.3 is 4.57 Å². The zero-order valence-corrected chi connectivity index (χ0v) is 11.5. The molecule has 1 radical (unpaired) electrons. The SMILES string of the molecule is [CH2]n1c2ccc(Br)cc2c2cc(Br)ccc21. The van der Waals surface area contributed by atoms with Crippen LogP contribution >= 0.6 is 31.9 Å². The normalized spacial score (nSPS) is 11.4. The molecule has 0 fully saturated rings. The fourth-order valence-corrected chi connectivity index (χ4v) is 2.77.